The number of fused-ring (bicyclic) bond motifs is 1. The standard InChI is InChI=1S/C14H10BNO2S/c16-8-10-4-6-11(7-5-10)19-14-3-1-2-13-12(14)9-18-15(13)17/h1-7,17H,9H2. The predicted molar refractivity (Wildman–Crippen MR) is 74.1 cm³/mol. The Kier molecular flexibility index (Phi) is 3.30. The third-order valence-corrected chi connectivity index (χ3v) is 4.14. The lowest BCUT2D eigenvalue weighted by atomic mass is 9.80. The number of nitrogens with zero attached hydrogens (tertiary/aromatic N) is 1. The van der Waals surface area contributed by atoms with Crippen molar-refractivity contribution in [2.75, 3.05) is 0 Å². The van der Waals surface area contributed by atoms with E-state index < -0.39 is 7.12 Å². The molecule has 0 aromatic heterocycles. The Morgan fingerprint density at radius 3 is 2.74 bits per heavy atom. The van der Waals surface area contributed by atoms with Gasteiger partial charge < -0.3 is 9.68 Å². The molecule has 0 saturated carbocycles. The van der Waals surface area contributed by atoms with Gasteiger partial charge in [0, 0.05) is 9.79 Å². The molecular formula is C14H10BNO2S. The average Bonchev–Trinajstić information content (AvgIpc) is 2.83. The zero-order chi connectivity index (χ0) is 13.2. The third kappa shape index (κ3) is 2.38. The molecule has 0 atom stereocenters. The number of hydrogen-bond acceptors (Lipinski definition) is 4. The molecule has 0 unspecified atom stereocenters. The first kappa shape index (κ1) is 12.3. The van der Waals surface area contributed by atoms with Crippen LogP contribution in [0.15, 0.2) is 52.3 Å². The van der Waals surface area contributed by atoms with E-state index in [4.69, 9.17) is 9.92 Å². The molecule has 3 rings (SSSR count). The summed E-state index contributed by atoms with van der Waals surface area (Å²) in [5, 5.41) is 18.4. The van der Waals surface area contributed by atoms with Crippen LogP contribution in [0, 0.1) is 11.3 Å². The first-order valence-corrected chi connectivity index (χ1v) is 6.69. The Bertz CT molecular complexity index is 651. The third-order valence-electron chi connectivity index (χ3n) is 3.03. The van der Waals surface area contributed by atoms with Gasteiger partial charge in [0.25, 0.3) is 0 Å². The summed E-state index contributed by atoms with van der Waals surface area (Å²) in [7, 11) is -0.809. The minimum Gasteiger partial charge on any atom is -0.423 e. The molecule has 19 heavy (non-hydrogen) atoms. The van der Waals surface area contributed by atoms with Crippen molar-refractivity contribution >= 4 is 24.3 Å². The predicted octanol–water partition coefficient (Wildman–Crippen LogP) is 1.93. The molecule has 5 heteroatoms. The van der Waals surface area contributed by atoms with Crippen molar-refractivity contribution in [2.24, 2.45) is 0 Å². The van der Waals surface area contributed by atoms with Gasteiger partial charge in [-0.25, -0.2) is 0 Å². The van der Waals surface area contributed by atoms with Gasteiger partial charge in [0.05, 0.1) is 18.2 Å². The second-order valence-electron chi connectivity index (χ2n) is 4.23. The van der Waals surface area contributed by atoms with E-state index in [1.165, 1.54) is 0 Å². The highest BCUT2D eigenvalue weighted by Gasteiger charge is 2.28. The van der Waals surface area contributed by atoms with Crippen molar-refractivity contribution in [1.82, 2.24) is 0 Å². The lowest BCUT2D eigenvalue weighted by molar-refractivity contribution is 0.274. The monoisotopic (exact) mass is 267 g/mol. The lowest BCUT2D eigenvalue weighted by Crippen LogP contribution is -2.27. The summed E-state index contributed by atoms with van der Waals surface area (Å²) in [5.74, 6) is 0. The van der Waals surface area contributed by atoms with Crippen molar-refractivity contribution in [3.05, 3.63) is 53.6 Å². The topological polar surface area (TPSA) is 53.2 Å². The molecule has 1 aliphatic heterocycles. The van der Waals surface area contributed by atoms with Gasteiger partial charge in [0.2, 0.25) is 0 Å². The zero-order valence-electron chi connectivity index (χ0n) is 10.0. The number of benzene rings is 2. The molecular weight excluding hydrogens is 257 g/mol. The van der Waals surface area contributed by atoms with Gasteiger partial charge in [-0.3, -0.25) is 0 Å². The van der Waals surface area contributed by atoms with Gasteiger partial charge >= 0.3 is 7.12 Å². The van der Waals surface area contributed by atoms with Gasteiger partial charge in [-0.1, -0.05) is 23.9 Å². The summed E-state index contributed by atoms with van der Waals surface area (Å²) in [6.45, 7) is 0.440. The van der Waals surface area contributed by atoms with Crippen molar-refractivity contribution in [2.45, 2.75) is 16.4 Å². The second kappa shape index (κ2) is 5.10. The van der Waals surface area contributed by atoms with Crippen LogP contribution in [0.1, 0.15) is 11.1 Å². The van der Waals surface area contributed by atoms with E-state index in [1.807, 2.05) is 30.3 Å². The Balaban J connectivity index is 1.90. The van der Waals surface area contributed by atoms with Crippen LogP contribution in [-0.4, -0.2) is 12.1 Å². The van der Waals surface area contributed by atoms with Gasteiger partial charge in [-0.05, 0) is 41.4 Å². The maximum absolute atomic E-state index is 9.67. The van der Waals surface area contributed by atoms with Gasteiger partial charge in [-0.15, -0.1) is 0 Å². The normalized spacial score (nSPS) is 13.2. The Labute approximate surface area is 116 Å². The van der Waals surface area contributed by atoms with Crippen LogP contribution in [0.5, 0.6) is 0 Å². The number of nitriles is 1. The summed E-state index contributed by atoms with van der Waals surface area (Å²) < 4.78 is 5.24. The molecule has 0 bridgehead atoms. The van der Waals surface area contributed by atoms with Crippen molar-refractivity contribution in [3.8, 4) is 6.07 Å². The van der Waals surface area contributed by atoms with Crippen molar-refractivity contribution in [1.29, 1.82) is 5.26 Å². The van der Waals surface area contributed by atoms with E-state index >= 15 is 0 Å². The van der Waals surface area contributed by atoms with E-state index in [2.05, 4.69) is 6.07 Å². The minimum absolute atomic E-state index is 0.440. The second-order valence-corrected chi connectivity index (χ2v) is 5.34. The molecule has 1 N–H and O–H groups in total. The summed E-state index contributed by atoms with van der Waals surface area (Å²) >= 11 is 1.61. The maximum Gasteiger partial charge on any atom is 0.491 e. The smallest absolute Gasteiger partial charge is 0.423 e. The highest BCUT2D eigenvalue weighted by molar-refractivity contribution is 7.99. The van der Waals surface area contributed by atoms with E-state index in [9.17, 15) is 5.02 Å². The molecule has 2 aromatic rings. The molecule has 92 valence electrons. The van der Waals surface area contributed by atoms with Gasteiger partial charge in [0.15, 0.2) is 0 Å². The summed E-state index contributed by atoms with van der Waals surface area (Å²) in [6, 6.07) is 15.4. The molecule has 0 spiro atoms. The van der Waals surface area contributed by atoms with Gasteiger partial charge in [-0.2, -0.15) is 5.26 Å². The minimum atomic E-state index is -0.809. The fourth-order valence-electron chi connectivity index (χ4n) is 2.04. The van der Waals surface area contributed by atoms with Crippen LogP contribution in [0.4, 0.5) is 0 Å². The highest BCUT2D eigenvalue weighted by atomic mass is 32.2. The van der Waals surface area contributed by atoms with E-state index in [0.717, 1.165) is 20.8 Å². The molecule has 1 heterocycles. The Morgan fingerprint density at radius 2 is 2.00 bits per heavy atom. The first-order valence-electron chi connectivity index (χ1n) is 5.87. The highest BCUT2D eigenvalue weighted by Crippen LogP contribution is 2.31. The van der Waals surface area contributed by atoms with Crippen molar-refractivity contribution in [3.63, 3.8) is 0 Å². The van der Waals surface area contributed by atoms with Crippen LogP contribution in [0.2, 0.25) is 0 Å². The van der Waals surface area contributed by atoms with E-state index in [1.54, 1.807) is 23.9 Å². The molecule has 0 fully saturated rings. The van der Waals surface area contributed by atoms with Gasteiger partial charge in [0.1, 0.15) is 0 Å². The fourth-order valence-corrected chi connectivity index (χ4v) is 3.01. The summed E-state index contributed by atoms with van der Waals surface area (Å²) in [5.41, 5.74) is 2.55. The number of hydrogen-bond donors (Lipinski definition) is 1. The van der Waals surface area contributed by atoms with Crippen LogP contribution in [0.3, 0.4) is 0 Å². The zero-order valence-corrected chi connectivity index (χ0v) is 10.9. The first-order chi connectivity index (χ1) is 9.28. The van der Waals surface area contributed by atoms with Crippen LogP contribution in [-0.2, 0) is 11.3 Å². The van der Waals surface area contributed by atoms with E-state index in [-0.39, 0.29) is 0 Å². The summed E-state index contributed by atoms with van der Waals surface area (Å²) in [4.78, 5) is 2.15. The molecule has 0 amide bonds. The van der Waals surface area contributed by atoms with E-state index in [0.29, 0.717) is 12.2 Å². The Morgan fingerprint density at radius 1 is 1.21 bits per heavy atom. The molecule has 0 saturated heterocycles. The molecule has 0 aliphatic carbocycles. The largest absolute Gasteiger partial charge is 0.491 e. The fraction of sp³-hybridized carbons (Fsp3) is 0.0714. The molecule has 0 radical (unpaired) electrons. The van der Waals surface area contributed by atoms with Crippen LogP contribution < -0.4 is 5.46 Å². The average molecular weight is 267 g/mol. The number of rotatable bonds is 2. The molecule has 2 aromatic carbocycles. The molecule has 1 aliphatic rings. The SMILES string of the molecule is N#Cc1ccc(Sc2cccc3c2COB3O)cc1. The summed E-state index contributed by atoms with van der Waals surface area (Å²) in [6.07, 6.45) is 0. The van der Waals surface area contributed by atoms with Crippen molar-refractivity contribution < 1.29 is 9.68 Å². The lowest BCUT2D eigenvalue weighted by Gasteiger charge is -2.07. The van der Waals surface area contributed by atoms with Crippen LogP contribution >= 0.6 is 11.8 Å². The van der Waals surface area contributed by atoms with Crippen LogP contribution in [0.25, 0.3) is 0 Å². The molecule has 3 nitrogen and oxygen atoms in total. The quantitative estimate of drug-likeness (QED) is 0.845. The Hall–Kier alpha value is -1.74. The maximum atomic E-state index is 9.67.